The lowest BCUT2D eigenvalue weighted by Gasteiger charge is -2.43. The van der Waals surface area contributed by atoms with Crippen LogP contribution in [0.1, 0.15) is 35.3 Å². The Labute approximate surface area is 127 Å². The van der Waals surface area contributed by atoms with Crippen molar-refractivity contribution in [2.45, 2.75) is 24.8 Å². The van der Waals surface area contributed by atoms with E-state index in [9.17, 15) is 4.79 Å². The summed E-state index contributed by atoms with van der Waals surface area (Å²) in [6.07, 6.45) is 5.07. The molecule has 104 valence electrons. The van der Waals surface area contributed by atoms with Crippen molar-refractivity contribution in [2.75, 3.05) is 0 Å². The zero-order chi connectivity index (χ0) is 14.2. The first-order valence-electron chi connectivity index (χ1n) is 6.81. The maximum atomic E-state index is 12.5. The molecule has 1 fully saturated rings. The Balaban J connectivity index is 1.86. The molecule has 0 unspecified atom stereocenters. The summed E-state index contributed by atoms with van der Waals surface area (Å²) in [5, 5.41) is 3.24. The smallest absolute Gasteiger partial charge is 0.268 e. The van der Waals surface area contributed by atoms with Crippen molar-refractivity contribution >= 4 is 21.8 Å². The van der Waals surface area contributed by atoms with Crippen LogP contribution in [0.3, 0.4) is 0 Å². The van der Waals surface area contributed by atoms with Gasteiger partial charge in [-0.2, -0.15) is 0 Å². The van der Waals surface area contributed by atoms with Crippen molar-refractivity contribution in [3.05, 3.63) is 58.3 Å². The van der Waals surface area contributed by atoms with Gasteiger partial charge in [0.1, 0.15) is 5.69 Å². The van der Waals surface area contributed by atoms with Crippen molar-refractivity contribution in [1.82, 2.24) is 9.88 Å². The topological polar surface area (TPSA) is 34.0 Å². The van der Waals surface area contributed by atoms with Gasteiger partial charge in [0.15, 0.2) is 0 Å². The second kappa shape index (κ2) is 5.09. The number of hydrogen-bond acceptors (Lipinski definition) is 1. The number of hydrogen-bond donors (Lipinski definition) is 1. The Kier molecular flexibility index (Phi) is 3.42. The van der Waals surface area contributed by atoms with Gasteiger partial charge in [-0.05, 0) is 46.8 Å². The Bertz CT molecular complexity index is 629. The average Bonchev–Trinajstić information content (AvgIpc) is 2.74. The Morgan fingerprint density at radius 3 is 2.50 bits per heavy atom. The molecule has 0 bridgehead atoms. The summed E-state index contributed by atoms with van der Waals surface area (Å²) in [4.78, 5) is 12.5. The summed E-state index contributed by atoms with van der Waals surface area (Å²) in [7, 11) is 1.88. The van der Waals surface area contributed by atoms with Gasteiger partial charge >= 0.3 is 0 Å². The van der Waals surface area contributed by atoms with Gasteiger partial charge in [0.2, 0.25) is 0 Å². The fourth-order valence-electron chi connectivity index (χ4n) is 2.80. The minimum absolute atomic E-state index is 0.0123. The number of carbonyl (C=O) groups is 1. The van der Waals surface area contributed by atoms with Gasteiger partial charge < -0.3 is 9.88 Å². The molecule has 1 aliphatic rings. The molecule has 0 spiro atoms. The fraction of sp³-hybridized carbons (Fsp3) is 0.312. The Morgan fingerprint density at radius 1 is 1.30 bits per heavy atom. The molecular weight excluding hydrogens is 316 g/mol. The first-order chi connectivity index (χ1) is 9.61. The van der Waals surface area contributed by atoms with Crippen molar-refractivity contribution in [3.8, 4) is 0 Å². The van der Waals surface area contributed by atoms with Crippen molar-refractivity contribution < 1.29 is 4.79 Å². The van der Waals surface area contributed by atoms with E-state index in [-0.39, 0.29) is 11.4 Å². The minimum atomic E-state index is -0.185. The van der Waals surface area contributed by atoms with Gasteiger partial charge in [-0.25, -0.2) is 0 Å². The highest BCUT2D eigenvalue weighted by molar-refractivity contribution is 9.10. The van der Waals surface area contributed by atoms with Crippen LogP contribution in [0.15, 0.2) is 47.1 Å². The van der Waals surface area contributed by atoms with E-state index in [2.05, 4.69) is 33.4 Å². The Hall–Kier alpha value is -1.55. The third-order valence-electron chi connectivity index (χ3n) is 4.09. The lowest BCUT2D eigenvalue weighted by molar-refractivity contribution is 0.0815. The summed E-state index contributed by atoms with van der Waals surface area (Å²) in [6.45, 7) is 0. The van der Waals surface area contributed by atoms with Gasteiger partial charge in [0.25, 0.3) is 5.91 Å². The first kappa shape index (κ1) is 13.4. The highest BCUT2D eigenvalue weighted by Crippen LogP contribution is 2.41. The maximum Gasteiger partial charge on any atom is 0.268 e. The molecular formula is C16H17BrN2O. The van der Waals surface area contributed by atoms with Crippen LogP contribution >= 0.6 is 15.9 Å². The number of nitrogens with zero attached hydrogens (tertiary/aromatic N) is 1. The lowest BCUT2D eigenvalue weighted by atomic mass is 9.71. The van der Waals surface area contributed by atoms with E-state index in [1.807, 2.05) is 42.1 Å². The van der Waals surface area contributed by atoms with Crippen molar-refractivity contribution in [3.63, 3.8) is 0 Å². The van der Waals surface area contributed by atoms with Crippen LogP contribution in [0.2, 0.25) is 0 Å². The van der Waals surface area contributed by atoms with E-state index < -0.39 is 0 Å². The molecule has 1 aromatic carbocycles. The quantitative estimate of drug-likeness (QED) is 0.915. The van der Waals surface area contributed by atoms with E-state index in [4.69, 9.17) is 0 Å². The summed E-state index contributed by atoms with van der Waals surface area (Å²) >= 11 is 3.41. The normalized spacial score (nSPS) is 16.5. The number of benzene rings is 1. The van der Waals surface area contributed by atoms with Crippen LogP contribution in [-0.4, -0.2) is 10.5 Å². The predicted octanol–water partition coefficient (Wildman–Crippen LogP) is 3.60. The molecule has 1 N–H and O–H groups in total. The van der Waals surface area contributed by atoms with E-state index in [1.165, 1.54) is 5.56 Å². The fourth-order valence-corrected chi connectivity index (χ4v) is 3.33. The van der Waals surface area contributed by atoms with Crippen molar-refractivity contribution in [1.29, 1.82) is 0 Å². The van der Waals surface area contributed by atoms with Gasteiger partial charge in [-0.1, -0.05) is 30.3 Å². The molecule has 0 atom stereocenters. The average molecular weight is 333 g/mol. The zero-order valence-electron chi connectivity index (χ0n) is 11.4. The molecule has 3 rings (SSSR count). The Morgan fingerprint density at radius 2 is 2.00 bits per heavy atom. The molecule has 1 amide bonds. The lowest BCUT2D eigenvalue weighted by Crippen LogP contribution is -2.51. The number of amides is 1. The molecule has 1 aliphatic carbocycles. The monoisotopic (exact) mass is 332 g/mol. The summed E-state index contributed by atoms with van der Waals surface area (Å²) in [5.74, 6) is -0.0123. The zero-order valence-corrected chi connectivity index (χ0v) is 13.0. The molecule has 0 saturated heterocycles. The van der Waals surface area contributed by atoms with Gasteiger partial charge in [-0.15, -0.1) is 0 Å². The molecule has 1 saturated carbocycles. The molecule has 1 aromatic heterocycles. The summed E-state index contributed by atoms with van der Waals surface area (Å²) < 4.78 is 2.77. The number of aryl methyl sites for hydroxylation is 1. The van der Waals surface area contributed by atoms with Crippen LogP contribution < -0.4 is 5.32 Å². The second-order valence-corrected chi connectivity index (χ2v) is 6.33. The van der Waals surface area contributed by atoms with Crippen LogP contribution in [0, 0.1) is 0 Å². The largest absolute Gasteiger partial charge is 0.345 e. The first-order valence-corrected chi connectivity index (χ1v) is 7.60. The van der Waals surface area contributed by atoms with Gasteiger partial charge in [0, 0.05) is 17.7 Å². The molecule has 3 nitrogen and oxygen atoms in total. The van der Waals surface area contributed by atoms with Gasteiger partial charge in [-0.3, -0.25) is 4.79 Å². The molecule has 2 aromatic rings. The van der Waals surface area contributed by atoms with Gasteiger partial charge in [0.05, 0.1) is 5.54 Å². The number of halogens is 1. The standard InChI is InChI=1S/C16H17BrN2O/c1-19-11-13(17)10-14(19)15(20)18-16(8-5-9-16)12-6-3-2-4-7-12/h2-4,6-7,10-11H,5,8-9H2,1H3,(H,18,20). The number of aromatic nitrogens is 1. The molecule has 20 heavy (non-hydrogen) atoms. The molecule has 4 heteroatoms. The second-order valence-electron chi connectivity index (χ2n) is 5.41. The third kappa shape index (κ3) is 2.29. The number of nitrogens with one attached hydrogen (secondary N) is 1. The van der Waals surface area contributed by atoms with E-state index in [1.54, 1.807) is 0 Å². The van der Waals surface area contributed by atoms with Crippen LogP contribution in [0.4, 0.5) is 0 Å². The van der Waals surface area contributed by atoms with Crippen LogP contribution in [0.5, 0.6) is 0 Å². The van der Waals surface area contributed by atoms with Crippen LogP contribution in [-0.2, 0) is 12.6 Å². The predicted molar refractivity (Wildman–Crippen MR) is 82.6 cm³/mol. The molecule has 0 aliphatic heterocycles. The number of rotatable bonds is 3. The highest BCUT2D eigenvalue weighted by atomic mass is 79.9. The molecule has 1 heterocycles. The van der Waals surface area contributed by atoms with E-state index in [0.717, 1.165) is 23.7 Å². The molecule has 0 radical (unpaired) electrons. The highest BCUT2D eigenvalue weighted by Gasteiger charge is 2.40. The van der Waals surface area contributed by atoms with Crippen molar-refractivity contribution in [2.24, 2.45) is 7.05 Å². The van der Waals surface area contributed by atoms with E-state index >= 15 is 0 Å². The SMILES string of the molecule is Cn1cc(Br)cc1C(=O)NC1(c2ccccc2)CCC1. The summed E-state index contributed by atoms with van der Waals surface area (Å²) in [5.41, 5.74) is 1.70. The maximum absolute atomic E-state index is 12.5. The van der Waals surface area contributed by atoms with Crippen LogP contribution in [0.25, 0.3) is 0 Å². The summed E-state index contributed by atoms with van der Waals surface area (Å²) in [6, 6.07) is 12.1. The number of carbonyl (C=O) groups excluding carboxylic acids is 1. The third-order valence-corrected chi connectivity index (χ3v) is 4.52. The minimum Gasteiger partial charge on any atom is -0.345 e. The van der Waals surface area contributed by atoms with E-state index in [0.29, 0.717) is 5.69 Å².